The fourth-order valence-electron chi connectivity index (χ4n) is 1.24. The van der Waals surface area contributed by atoms with Gasteiger partial charge >= 0.3 is 0 Å². The van der Waals surface area contributed by atoms with Gasteiger partial charge in [0.15, 0.2) is 0 Å². The highest BCUT2D eigenvalue weighted by Crippen LogP contribution is 1.98. The summed E-state index contributed by atoms with van der Waals surface area (Å²) in [6.07, 6.45) is 1.07. The highest BCUT2D eigenvalue weighted by atomic mass is 16.5. The molecule has 1 atom stereocenters. The van der Waals surface area contributed by atoms with Gasteiger partial charge < -0.3 is 10.5 Å². The molecule has 0 bridgehead atoms. The SMILES string of the molecule is CC[C@@H](N)CN1CCOCC1. The molecule has 1 aliphatic rings. The van der Waals surface area contributed by atoms with Gasteiger partial charge in [-0.1, -0.05) is 6.92 Å². The summed E-state index contributed by atoms with van der Waals surface area (Å²) in [5.74, 6) is 0. The molecule has 1 aliphatic heterocycles. The van der Waals surface area contributed by atoms with E-state index in [4.69, 9.17) is 10.5 Å². The van der Waals surface area contributed by atoms with Crippen molar-refractivity contribution in [2.75, 3.05) is 32.8 Å². The summed E-state index contributed by atoms with van der Waals surface area (Å²) in [5, 5.41) is 0. The molecule has 0 spiro atoms. The van der Waals surface area contributed by atoms with E-state index in [1.807, 2.05) is 0 Å². The van der Waals surface area contributed by atoms with Gasteiger partial charge in [-0.15, -0.1) is 0 Å². The molecule has 66 valence electrons. The molecular formula is C8H18N2O. The summed E-state index contributed by atoms with van der Waals surface area (Å²) < 4.78 is 5.23. The number of nitrogens with two attached hydrogens (primary N) is 1. The molecule has 0 amide bonds. The van der Waals surface area contributed by atoms with E-state index in [-0.39, 0.29) is 0 Å². The van der Waals surface area contributed by atoms with Gasteiger partial charge in [-0.25, -0.2) is 0 Å². The van der Waals surface area contributed by atoms with Crippen LogP contribution in [0.5, 0.6) is 0 Å². The van der Waals surface area contributed by atoms with Crippen molar-refractivity contribution in [3.8, 4) is 0 Å². The maximum Gasteiger partial charge on any atom is 0.0594 e. The molecule has 0 aromatic carbocycles. The normalized spacial score (nSPS) is 23.5. The number of morpholine rings is 1. The Bertz CT molecular complexity index is 102. The number of ether oxygens (including phenoxy) is 1. The molecule has 3 nitrogen and oxygen atoms in total. The molecule has 0 saturated carbocycles. The fourth-order valence-corrected chi connectivity index (χ4v) is 1.24. The van der Waals surface area contributed by atoms with Gasteiger partial charge in [-0.3, -0.25) is 4.90 Å². The van der Waals surface area contributed by atoms with Gasteiger partial charge in [0, 0.05) is 25.7 Å². The molecule has 11 heavy (non-hydrogen) atoms. The van der Waals surface area contributed by atoms with E-state index in [1.54, 1.807) is 0 Å². The minimum Gasteiger partial charge on any atom is -0.379 e. The first-order valence-corrected chi connectivity index (χ1v) is 4.38. The molecule has 0 aromatic rings. The van der Waals surface area contributed by atoms with Gasteiger partial charge in [-0.2, -0.15) is 0 Å². The van der Waals surface area contributed by atoms with Crippen LogP contribution in [0.4, 0.5) is 0 Å². The molecule has 0 aromatic heterocycles. The van der Waals surface area contributed by atoms with Crippen molar-refractivity contribution in [2.45, 2.75) is 19.4 Å². The Kier molecular flexibility index (Phi) is 3.83. The molecule has 1 saturated heterocycles. The minimum atomic E-state index is 0.341. The predicted molar refractivity (Wildman–Crippen MR) is 45.5 cm³/mol. The monoisotopic (exact) mass is 158 g/mol. The van der Waals surface area contributed by atoms with Crippen LogP contribution in [-0.2, 0) is 4.74 Å². The van der Waals surface area contributed by atoms with Crippen LogP contribution in [0, 0.1) is 0 Å². The van der Waals surface area contributed by atoms with Crippen LogP contribution in [0.25, 0.3) is 0 Å². The van der Waals surface area contributed by atoms with Crippen molar-refractivity contribution in [3.63, 3.8) is 0 Å². The summed E-state index contributed by atoms with van der Waals surface area (Å²) in [6, 6.07) is 0.341. The summed E-state index contributed by atoms with van der Waals surface area (Å²) in [4.78, 5) is 2.37. The molecule has 1 heterocycles. The van der Waals surface area contributed by atoms with E-state index in [0.717, 1.165) is 39.3 Å². The first-order chi connectivity index (χ1) is 5.33. The summed E-state index contributed by atoms with van der Waals surface area (Å²) in [7, 11) is 0. The van der Waals surface area contributed by atoms with Gasteiger partial charge in [0.05, 0.1) is 13.2 Å². The number of hydrogen-bond acceptors (Lipinski definition) is 3. The Morgan fingerprint density at radius 1 is 1.45 bits per heavy atom. The zero-order chi connectivity index (χ0) is 8.10. The topological polar surface area (TPSA) is 38.5 Å². The predicted octanol–water partition coefficient (Wildman–Crippen LogP) is 0.0559. The van der Waals surface area contributed by atoms with Crippen LogP contribution in [0.2, 0.25) is 0 Å². The minimum absolute atomic E-state index is 0.341. The summed E-state index contributed by atoms with van der Waals surface area (Å²) >= 11 is 0. The second kappa shape index (κ2) is 4.70. The molecule has 1 fully saturated rings. The number of nitrogens with zero attached hydrogens (tertiary/aromatic N) is 1. The average Bonchev–Trinajstić information content (AvgIpc) is 2.06. The Labute approximate surface area is 68.5 Å². The molecule has 1 rings (SSSR count). The van der Waals surface area contributed by atoms with E-state index in [1.165, 1.54) is 0 Å². The zero-order valence-corrected chi connectivity index (χ0v) is 7.25. The smallest absolute Gasteiger partial charge is 0.0594 e. The van der Waals surface area contributed by atoms with Crippen molar-refractivity contribution < 1.29 is 4.74 Å². The van der Waals surface area contributed by atoms with E-state index < -0.39 is 0 Å². The first kappa shape index (κ1) is 8.97. The molecule has 2 N–H and O–H groups in total. The van der Waals surface area contributed by atoms with Gasteiger partial charge in [0.25, 0.3) is 0 Å². The lowest BCUT2D eigenvalue weighted by atomic mass is 10.2. The van der Waals surface area contributed by atoms with Crippen molar-refractivity contribution in [3.05, 3.63) is 0 Å². The molecule has 0 radical (unpaired) electrons. The van der Waals surface area contributed by atoms with E-state index in [0.29, 0.717) is 6.04 Å². The highest BCUT2D eigenvalue weighted by Gasteiger charge is 2.12. The van der Waals surface area contributed by atoms with Crippen molar-refractivity contribution in [1.29, 1.82) is 0 Å². The molecule has 3 heteroatoms. The zero-order valence-electron chi connectivity index (χ0n) is 7.25. The van der Waals surface area contributed by atoms with Crippen molar-refractivity contribution >= 4 is 0 Å². The maximum atomic E-state index is 5.82. The third-order valence-electron chi connectivity index (χ3n) is 2.12. The first-order valence-electron chi connectivity index (χ1n) is 4.38. The third kappa shape index (κ3) is 3.18. The van der Waals surface area contributed by atoms with Crippen LogP contribution in [0.3, 0.4) is 0 Å². The number of rotatable bonds is 3. The van der Waals surface area contributed by atoms with Crippen LogP contribution in [0.1, 0.15) is 13.3 Å². The van der Waals surface area contributed by atoms with Crippen LogP contribution < -0.4 is 5.73 Å². The standard InChI is InChI=1S/C8H18N2O/c1-2-8(9)7-10-3-5-11-6-4-10/h8H,2-7,9H2,1H3/t8-/m1/s1. The second-order valence-corrected chi connectivity index (χ2v) is 3.08. The lowest BCUT2D eigenvalue weighted by Gasteiger charge is -2.28. The Hall–Kier alpha value is -0.120. The van der Waals surface area contributed by atoms with Crippen LogP contribution in [0.15, 0.2) is 0 Å². The van der Waals surface area contributed by atoms with E-state index in [2.05, 4.69) is 11.8 Å². The highest BCUT2D eigenvalue weighted by molar-refractivity contribution is 4.68. The average molecular weight is 158 g/mol. The van der Waals surface area contributed by atoms with Crippen molar-refractivity contribution in [2.24, 2.45) is 5.73 Å². The Morgan fingerprint density at radius 3 is 2.64 bits per heavy atom. The van der Waals surface area contributed by atoms with Crippen molar-refractivity contribution in [1.82, 2.24) is 4.90 Å². The summed E-state index contributed by atoms with van der Waals surface area (Å²) in [6.45, 7) is 7.00. The third-order valence-corrected chi connectivity index (χ3v) is 2.12. The van der Waals surface area contributed by atoms with E-state index in [9.17, 15) is 0 Å². The van der Waals surface area contributed by atoms with Gasteiger partial charge in [0.1, 0.15) is 0 Å². The second-order valence-electron chi connectivity index (χ2n) is 3.08. The quantitative estimate of drug-likeness (QED) is 0.631. The van der Waals surface area contributed by atoms with Crippen LogP contribution in [-0.4, -0.2) is 43.8 Å². The van der Waals surface area contributed by atoms with Gasteiger partial charge in [0.2, 0.25) is 0 Å². The van der Waals surface area contributed by atoms with Crippen LogP contribution >= 0.6 is 0 Å². The van der Waals surface area contributed by atoms with E-state index >= 15 is 0 Å². The van der Waals surface area contributed by atoms with Gasteiger partial charge in [-0.05, 0) is 6.42 Å². The largest absolute Gasteiger partial charge is 0.379 e. The number of hydrogen-bond donors (Lipinski definition) is 1. The lowest BCUT2D eigenvalue weighted by molar-refractivity contribution is 0.0352. The Balaban J connectivity index is 2.13. The molecule has 0 unspecified atom stereocenters. The molecular weight excluding hydrogens is 140 g/mol. The fraction of sp³-hybridized carbons (Fsp3) is 1.00. The summed E-state index contributed by atoms with van der Waals surface area (Å²) in [5.41, 5.74) is 5.82. The molecule has 0 aliphatic carbocycles. The Morgan fingerprint density at radius 2 is 2.09 bits per heavy atom. The lowest BCUT2D eigenvalue weighted by Crippen LogP contribution is -2.43. The maximum absolute atomic E-state index is 5.82.